The van der Waals surface area contributed by atoms with Crippen LogP contribution in [0.3, 0.4) is 0 Å². The van der Waals surface area contributed by atoms with Crippen molar-refractivity contribution >= 4 is 5.91 Å². The molecule has 0 aliphatic carbocycles. The van der Waals surface area contributed by atoms with E-state index in [2.05, 4.69) is 24.0 Å². The minimum atomic E-state index is -0.554. The van der Waals surface area contributed by atoms with Gasteiger partial charge in [0.2, 0.25) is 5.95 Å². The molecule has 1 aromatic rings. The molecule has 104 valence electrons. The highest BCUT2D eigenvalue weighted by atomic mass is 19.1. The van der Waals surface area contributed by atoms with E-state index in [9.17, 15) is 9.18 Å². The monoisotopic (exact) mass is 265 g/mol. The second-order valence-electron chi connectivity index (χ2n) is 5.37. The van der Waals surface area contributed by atoms with Crippen molar-refractivity contribution in [3.63, 3.8) is 0 Å². The van der Waals surface area contributed by atoms with E-state index in [0.29, 0.717) is 11.5 Å². The molecule has 2 rings (SSSR count). The van der Waals surface area contributed by atoms with Crippen molar-refractivity contribution in [2.24, 2.45) is 5.92 Å². The molecule has 1 amide bonds. The van der Waals surface area contributed by atoms with Crippen molar-refractivity contribution in [3.8, 4) is 0 Å². The van der Waals surface area contributed by atoms with Crippen LogP contribution in [0.5, 0.6) is 0 Å². The van der Waals surface area contributed by atoms with Gasteiger partial charge in [-0.3, -0.25) is 4.79 Å². The SMILES string of the molecule is CN(C)CC1CCN(C(=O)c2ccc(F)nc2)CC1. The number of carbonyl (C=O) groups excluding carboxylic acids is 1. The van der Waals surface area contributed by atoms with Gasteiger partial charge < -0.3 is 9.80 Å². The summed E-state index contributed by atoms with van der Waals surface area (Å²) in [7, 11) is 4.14. The van der Waals surface area contributed by atoms with Crippen LogP contribution in [0.2, 0.25) is 0 Å². The quantitative estimate of drug-likeness (QED) is 0.779. The first-order valence-electron chi connectivity index (χ1n) is 6.62. The molecule has 2 heterocycles. The molecule has 1 aromatic heterocycles. The average Bonchev–Trinajstić information content (AvgIpc) is 2.39. The van der Waals surface area contributed by atoms with Gasteiger partial charge in [-0.25, -0.2) is 4.98 Å². The number of nitrogens with zero attached hydrogens (tertiary/aromatic N) is 3. The van der Waals surface area contributed by atoms with Crippen LogP contribution in [0.1, 0.15) is 23.2 Å². The second-order valence-corrected chi connectivity index (χ2v) is 5.37. The summed E-state index contributed by atoms with van der Waals surface area (Å²) >= 11 is 0. The van der Waals surface area contributed by atoms with Crippen LogP contribution in [-0.4, -0.2) is 54.4 Å². The molecule has 0 spiro atoms. The number of halogens is 1. The van der Waals surface area contributed by atoms with E-state index in [1.165, 1.54) is 18.3 Å². The van der Waals surface area contributed by atoms with Crippen molar-refractivity contribution in [1.29, 1.82) is 0 Å². The van der Waals surface area contributed by atoms with Crippen LogP contribution < -0.4 is 0 Å². The van der Waals surface area contributed by atoms with Gasteiger partial charge in [0.25, 0.3) is 5.91 Å². The van der Waals surface area contributed by atoms with E-state index in [0.717, 1.165) is 32.5 Å². The lowest BCUT2D eigenvalue weighted by molar-refractivity contribution is 0.0677. The highest BCUT2D eigenvalue weighted by Crippen LogP contribution is 2.19. The molecule has 5 heteroatoms. The summed E-state index contributed by atoms with van der Waals surface area (Å²) in [4.78, 5) is 19.7. The molecule has 1 fully saturated rings. The molecule has 4 nitrogen and oxygen atoms in total. The van der Waals surface area contributed by atoms with Crippen LogP contribution in [0.25, 0.3) is 0 Å². The summed E-state index contributed by atoms with van der Waals surface area (Å²) in [6.07, 6.45) is 3.36. The maximum absolute atomic E-state index is 12.7. The van der Waals surface area contributed by atoms with Gasteiger partial charge in [-0.15, -0.1) is 0 Å². The third-order valence-electron chi connectivity index (χ3n) is 3.50. The zero-order chi connectivity index (χ0) is 13.8. The van der Waals surface area contributed by atoms with Gasteiger partial charge in [0.1, 0.15) is 0 Å². The Morgan fingerprint density at radius 3 is 2.63 bits per heavy atom. The van der Waals surface area contributed by atoms with Crippen molar-refractivity contribution < 1.29 is 9.18 Å². The second kappa shape index (κ2) is 6.10. The molecule has 1 aliphatic heterocycles. The Morgan fingerprint density at radius 1 is 1.42 bits per heavy atom. The molecular formula is C14H20FN3O. The minimum Gasteiger partial charge on any atom is -0.339 e. The van der Waals surface area contributed by atoms with E-state index < -0.39 is 5.95 Å². The maximum atomic E-state index is 12.7. The van der Waals surface area contributed by atoms with E-state index >= 15 is 0 Å². The lowest BCUT2D eigenvalue weighted by Gasteiger charge is -2.33. The maximum Gasteiger partial charge on any atom is 0.255 e. The number of hydrogen-bond donors (Lipinski definition) is 0. The summed E-state index contributed by atoms with van der Waals surface area (Å²) in [6.45, 7) is 2.61. The Balaban J connectivity index is 1.90. The topological polar surface area (TPSA) is 36.4 Å². The van der Waals surface area contributed by atoms with E-state index in [4.69, 9.17) is 0 Å². The van der Waals surface area contributed by atoms with Crippen molar-refractivity contribution in [3.05, 3.63) is 29.8 Å². The van der Waals surface area contributed by atoms with Gasteiger partial charge in [0, 0.05) is 25.8 Å². The first-order valence-corrected chi connectivity index (χ1v) is 6.62. The third-order valence-corrected chi connectivity index (χ3v) is 3.50. The van der Waals surface area contributed by atoms with Crippen LogP contribution in [-0.2, 0) is 0 Å². The Morgan fingerprint density at radius 2 is 2.11 bits per heavy atom. The fourth-order valence-electron chi connectivity index (χ4n) is 2.52. The van der Waals surface area contributed by atoms with Gasteiger partial charge in [-0.05, 0) is 45.0 Å². The van der Waals surface area contributed by atoms with E-state index in [1.807, 2.05) is 4.90 Å². The summed E-state index contributed by atoms with van der Waals surface area (Å²) in [5.74, 6) is 0.0578. The summed E-state index contributed by atoms with van der Waals surface area (Å²) in [5, 5.41) is 0. The van der Waals surface area contributed by atoms with E-state index in [-0.39, 0.29) is 5.91 Å². The molecule has 0 radical (unpaired) electrons. The zero-order valence-corrected chi connectivity index (χ0v) is 11.5. The molecule has 19 heavy (non-hydrogen) atoms. The van der Waals surface area contributed by atoms with Gasteiger partial charge in [0.05, 0.1) is 5.56 Å². The molecule has 1 saturated heterocycles. The summed E-state index contributed by atoms with van der Waals surface area (Å²) in [6, 6.07) is 2.72. The number of hydrogen-bond acceptors (Lipinski definition) is 3. The fraction of sp³-hybridized carbons (Fsp3) is 0.571. The predicted molar refractivity (Wildman–Crippen MR) is 71.4 cm³/mol. The normalized spacial score (nSPS) is 16.9. The molecular weight excluding hydrogens is 245 g/mol. The smallest absolute Gasteiger partial charge is 0.255 e. The molecule has 0 atom stereocenters. The van der Waals surface area contributed by atoms with Crippen molar-refractivity contribution in [1.82, 2.24) is 14.8 Å². The van der Waals surface area contributed by atoms with E-state index in [1.54, 1.807) is 0 Å². The largest absolute Gasteiger partial charge is 0.339 e. The zero-order valence-electron chi connectivity index (χ0n) is 11.5. The van der Waals surface area contributed by atoms with Crippen LogP contribution in [0, 0.1) is 11.9 Å². The first-order chi connectivity index (χ1) is 9.06. The van der Waals surface area contributed by atoms with Crippen LogP contribution in [0.4, 0.5) is 4.39 Å². The lowest BCUT2D eigenvalue weighted by Crippen LogP contribution is -2.40. The predicted octanol–water partition coefficient (Wildman–Crippen LogP) is 1.63. The molecule has 0 N–H and O–H groups in total. The van der Waals surface area contributed by atoms with Crippen LogP contribution >= 0.6 is 0 Å². The minimum absolute atomic E-state index is 0.0456. The van der Waals surface area contributed by atoms with Gasteiger partial charge in [-0.1, -0.05) is 0 Å². The van der Waals surface area contributed by atoms with Gasteiger partial charge in [-0.2, -0.15) is 4.39 Å². The van der Waals surface area contributed by atoms with Crippen molar-refractivity contribution in [2.75, 3.05) is 33.7 Å². The summed E-state index contributed by atoms with van der Waals surface area (Å²) in [5.41, 5.74) is 0.465. The average molecular weight is 265 g/mol. The highest BCUT2D eigenvalue weighted by molar-refractivity contribution is 5.93. The number of pyridine rings is 1. The Kier molecular flexibility index (Phi) is 4.47. The molecule has 0 unspecified atom stereocenters. The van der Waals surface area contributed by atoms with Gasteiger partial charge in [0.15, 0.2) is 0 Å². The summed E-state index contributed by atoms with van der Waals surface area (Å²) < 4.78 is 12.7. The molecule has 0 aromatic carbocycles. The Hall–Kier alpha value is -1.49. The molecule has 0 saturated carbocycles. The Bertz CT molecular complexity index is 425. The number of carbonyl (C=O) groups is 1. The fourth-order valence-corrected chi connectivity index (χ4v) is 2.52. The number of rotatable bonds is 3. The number of piperidine rings is 1. The lowest BCUT2D eigenvalue weighted by atomic mass is 9.96. The highest BCUT2D eigenvalue weighted by Gasteiger charge is 2.23. The van der Waals surface area contributed by atoms with Crippen molar-refractivity contribution in [2.45, 2.75) is 12.8 Å². The number of aromatic nitrogens is 1. The van der Waals surface area contributed by atoms with Crippen LogP contribution in [0.15, 0.2) is 18.3 Å². The number of amides is 1. The first kappa shape index (κ1) is 13.9. The number of likely N-dealkylation sites (tertiary alicyclic amines) is 1. The standard InChI is InChI=1S/C14H20FN3O/c1-17(2)10-11-5-7-18(8-6-11)14(19)12-3-4-13(15)16-9-12/h3-4,9,11H,5-8,10H2,1-2H3. The third kappa shape index (κ3) is 3.73. The molecule has 0 bridgehead atoms. The van der Waals surface area contributed by atoms with Gasteiger partial charge >= 0.3 is 0 Å². The Labute approximate surface area is 113 Å². The molecule has 1 aliphatic rings.